The van der Waals surface area contributed by atoms with Crippen LogP contribution in [-0.4, -0.2) is 34.6 Å². The first-order valence-electron chi connectivity index (χ1n) is 7.95. The fourth-order valence-corrected chi connectivity index (χ4v) is 3.87. The maximum absolute atomic E-state index is 12.4. The zero-order valence-electron chi connectivity index (χ0n) is 14.1. The van der Waals surface area contributed by atoms with E-state index < -0.39 is 0 Å². The molecule has 1 amide bonds. The van der Waals surface area contributed by atoms with Crippen LogP contribution >= 0.6 is 11.8 Å². The molecule has 0 saturated heterocycles. The fraction of sp³-hybridized carbons (Fsp3) is 0.500. The van der Waals surface area contributed by atoms with Crippen LogP contribution in [0.25, 0.3) is 0 Å². The number of carbonyl (C=O) groups is 1. The molecule has 1 aromatic rings. The molecular weight excluding hydrogens is 306 g/mol. The minimum Gasteiger partial charge on any atom is -0.338 e. The Morgan fingerprint density at radius 2 is 2.22 bits per heavy atom. The van der Waals surface area contributed by atoms with Crippen LogP contribution in [0.3, 0.4) is 0 Å². The summed E-state index contributed by atoms with van der Waals surface area (Å²) in [4.78, 5) is 18.8. The van der Waals surface area contributed by atoms with Gasteiger partial charge in [0.25, 0.3) is 0 Å². The van der Waals surface area contributed by atoms with Crippen molar-refractivity contribution in [2.24, 2.45) is 0 Å². The van der Waals surface area contributed by atoms with Crippen molar-refractivity contribution in [1.82, 2.24) is 9.88 Å². The molecule has 4 nitrogen and oxygen atoms in total. The summed E-state index contributed by atoms with van der Waals surface area (Å²) in [6.07, 6.45) is 3.08. The van der Waals surface area contributed by atoms with E-state index in [1.54, 1.807) is 4.90 Å². The van der Waals surface area contributed by atoms with E-state index in [9.17, 15) is 10.1 Å². The van der Waals surface area contributed by atoms with E-state index in [4.69, 9.17) is 0 Å². The number of hydrogen-bond acceptors (Lipinski definition) is 4. The number of rotatable bonds is 6. The van der Waals surface area contributed by atoms with Crippen molar-refractivity contribution in [2.45, 2.75) is 45.1 Å². The Bertz CT molecular complexity index is 676. The maximum Gasteiger partial charge on any atom is 0.233 e. The number of hydrogen-bond donors (Lipinski definition) is 0. The largest absolute Gasteiger partial charge is 0.338 e. The van der Waals surface area contributed by atoms with Crippen molar-refractivity contribution >= 4 is 17.7 Å². The summed E-state index contributed by atoms with van der Waals surface area (Å²) in [5, 5.41) is 10.2. The van der Waals surface area contributed by atoms with E-state index in [0.717, 1.165) is 36.1 Å². The molecular formula is C18H23N3OS. The molecule has 0 bridgehead atoms. The second-order valence-electron chi connectivity index (χ2n) is 5.96. The van der Waals surface area contributed by atoms with Gasteiger partial charge in [0.05, 0.1) is 11.3 Å². The minimum atomic E-state index is 0.0596. The SMILES string of the molecule is C=C(C)CN(CC)C(=O)CSc1nc2c(c(C)c1C#N)CCC2. The first-order valence-corrected chi connectivity index (χ1v) is 8.93. The topological polar surface area (TPSA) is 57.0 Å². The molecule has 5 heteroatoms. The Kier molecular flexibility index (Phi) is 5.84. The Morgan fingerprint density at radius 3 is 2.83 bits per heavy atom. The minimum absolute atomic E-state index is 0.0596. The molecule has 1 aliphatic carbocycles. The van der Waals surface area contributed by atoms with Crippen molar-refractivity contribution < 1.29 is 4.79 Å². The van der Waals surface area contributed by atoms with Crippen molar-refractivity contribution in [3.05, 3.63) is 34.5 Å². The van der Waals surface area contributed by atoms with Crippen molar-refractivity contribution in [3.63, 3.8) is 0 Å². The first-order chi connectivity index (χ1) is 11.0. The molecule has 1 aromatic heterocycles. The van der Waals surface area contributed by atoms with Gasteiger partial charge in [-0.3, -0.25) is 4.79 Å². The molecule has 23 heavy (non-hydrogen) atoms. The van der Waals surface area contributed by atoms with Crippen LogP contribution in [0, 0.1) is 18.3 Å². The van der Waals surface area contributed by atoms with Gasteiger partial charge in [-0.2, -0.15) is 5.26 Å². The van der Waals surface area contributed by atoms with E-state index >= 15 is 0 Å². The van der Waals surface area contributed by atoms with Gasteiger partial charge < -0.3 is 4.90 Å². The molecule has 0 aromatic carbocycles. The Balaban J connectivity index is 2.15. The number of fused-ring (bicyclic) bond motifs is 1. The quantitative estimate of drug-likeness (QED) is 0.594. The molecule has 0 unspecified atom stereocenters. The van der Waals surface area contributed by atoms with Gasteiger partial charge in [0.1, 0.15) is 11.1 Å². The molecule has 0 aliphatic heterocycles. The van der Waals surface area contributed by atoms with Gasteiger partial charge in [-0.05, 0) is 51.2 Å². The molecule has 2 rings (SSSR count). The number of nitriles is 1. The van der Waals surface area contributed by atoms with Crippen LogP contribution in [0.15, 0.2) is 17.2 Å². The Labute approximate surface area is 142 Å². The van der Waals surface area contributed by atoms with Crippen LogP contribution in [0.2, 0.25) is 0 Å². The number of aromatic nitrogens is 1. The van der Waals surface area contributed by atoms with Crippen molar-refractivity contribution in [2.75, 3.05) is 18.8 Å². The number of nitrogens with zero attached hydrogens (tertiary/aromatic N) is 3. The molecule has 0 radical (unpaired) electrons. The second kappa shape index (κ2) is 7.65. The Morgan fingerprint density at radius 1 is 1.48 bits per heavy atom. The van der Waals surface area contributed by atoms with Gasteiger partial charge in [-0.25, -0.2) is 4.98 Å². The zero-order chi connectivity index (χ0) is 17.0. The summed E-state index contributed by atoms with van der Waals surface area (Å²) >= 11 is 1.38. The smallest absolute Gasteiger partial charge is 0.233 e. The van der Waals surface area contributed by atoms with E-state index in [0.29, 0.717) is 29.4 Å². The van der Waals surface area contributed by atoms with E-state index in [2.05, 4.69) is 17.6 Å². The molecule has 0 fully saturated rings. The molecule has 0 atom stereocenters. The fourth-order valence-electron chi connectivity index (χ4n) is 2.90. The van der Waals surface area contributed by atoms with Gasteiger partial charge >= 0.3 is 0 Å². The summed E-state index contributed by atoms with van der Waals surface area (Å²) in [5.41, 5.74) is 4.97. The number of amides is 1. The molecule has 122 valence electrons. The lowest BCUT2D eigenvalue weighted by atomic mass is 10.0. The highest BCUT2D eigenvalue weighted by Crippen LogP contribution is 2.31. The van der Waals surface area contributed by atoms with Gasteiger partial charge in [-0.1, -0.05) is 23.9 Å². The number of carbonyl (C=O) groups excluding carboxylic acids is 1. The van der Waals surface area contributed by atoms with E-state index in [1.807, 2.05) is 20.8 Å². The van der Waals surface area contributed by atoms with Gasteiger partial charge in [0.15, 0.2) is 0 Å². The third-order valence-corrected chi connectivity index (χ3v) is 5.07. The molecule has 0 spiro atoms. The molecule has 0 saturated carbocycles. The standard InChI is InChI=1S/C18H23N3OS/c1-5-21(10-12(2)3)17(22)11-23-18-15(9-19)13(4)14-7-6-8-16(14)20-18/h2,5-8,10-11H2,1,3-4H3. The molecule has 1 heterocycles. The summed E-state index contributed by atoms with van der Waals surface area (Å²) in [7, 11) is 0. The van der Waals surface area contributed by atoms with E-state index in [1.165, 1.54) is 17.3 Å². The van der Waals surface area contributed by atoms with Crippen LogP contribution in [0.5, 0.6) is 0 Å². The monoisotopic (exact) mass is 329 g/mol. The zero-order valence-corrected chi connectivity index (χ0v) is 14.9. The predicted octanol–water partition coefficient (Wildman–Crippen LogP) is 3.27. The average Bonchev–Trinajstić information content (AvgIpc) is 2.98. The lowest BCUT2D eigenvalue weighted by molar-refractivity contribution is -0.127. The lowest BCUT2D eigenvalue weighted by Gasteiger charge is -2.21. The number of pyridine rings is 1. The lowest BCUT2D eigenvalue weighted by Crippen LogP contribution is -2.33. The second-order valence-corrected chi connectivity index (χ2v) is 6.93. The molecule has 1 aliphatic rings. The highest BCUT2D eigenvalue weighted by molar-refractivity contribution is 8.00. The highest BCUT2D eigenvalue weighted by Gasteiger charge is 2.22. The van der Waals surface area contributed by atoms with Crippen molar-refractivity contribution in [1.29, 1.82) is 5.26 Å². The Hall–Kier alpha value is -1.80. The number of aryl methyl sites for hydroxylation is 1. The summed E-state index contributed by atoms with van der Waals surface area (Å²) in [6, 6.07) is 2.27. The highest BCUT2D eigenvalue weighted by atomic mass is 32.2. The van der Waals surface area contributed by atoms with Gasteiger partial charge in [0.2, 0.25) is 5.91 Å². The molecule has 0 N–H and O–H groups in total. The number of thioether (sulfide) groups is 1. The van der Waals surface area contributed by atoms with Gasteiger partial charge in [-0.15, -0.1) is 0 Å². The van der Waals surface area contributed by atoms with Crippen LogP contribution in [-0.2, 0) is 17.6 Å². The summed E-state index contributed by atoms with van der Waals surface area (Å²) in [5.74, 6) is 0.366. The third-order valence-electron chi connectivity index (χ3n) is 4.11. The van der Waals surface area contributed by atoms with Crippen LogP contribution in [0.1, 0.15) is 42.7 Å². The maximum atomic E-state index is 12.4. The van der Waals surface area contributed by atoms with E-state index in [-0.39, 0.29) is 5.91 Å². The third kappa shape index (κ3) is 3.94. The normalized spacial score (nSPS) is 12.6. The van der Waals surface area contributed by atoms with Gasteiger partial charge in [0, 0.05) is 18.8 Å². The predicted molar refractivity (Wildman–Crippen MR) is 93.5 cm³/mol. The first kappa shape index (κ1) is 17.6. The summed E-state index contributed by atoms with van der Waals surface area (Å²) < 4.78 is 0. The van der Waals surface area contributed by atoms with Crippen molar-refractivity contribution in [3.8, 4) is 6.07 Å². The average molecular weight is 329 g/mol. The van der Waals surface area contributed by atoms with Crippen LogP contribution in [0.4, 0.5) is 0 Å². The summed E-state index contributed by atoms with van der Waals surface area (Å²) in [6.45, 7) is 11.0. The van der Waals surface area contributed by atoms with Crippen LogP contribution < -0.4 is 0 Å². The number of likely N-dealkylation sites (N-methyl/N-ethyl adjacent to an activating group) is 1.